The Bertz CT molecular complexity index is 260. The minimum absolute atomic E-state index is 0.0758. The van der Waals surface area contributed by atoms with E-state index in [0.29, 0.717) is 25.4 Å². The first-order chi connectivity index (χ1) is 6.33. The Morgan fingerprint density at radius 2 is 2.21 bits per heavy atom. The van der Waals surface area contributed by atoms with Gasteiger partial charge in [-0.25, -0.2) is 0 Å². The summed E-state index contributed by atoms with van der Waals surface area (Å²) < 4.78 is 0. The lowest BCUT2D eigenvalue weighted by molar-refractivity contribution is -0.148. The number of hydrogen-bond donors (Lipinski definition) is 1. The minimum Gasteiger partial charge on any atom is -0.481 e. The van der Waals surface area contributed by atoms with Crippen LogP contribution in [0.25, 0.3) is 0 Å². The van der Waals surface area contributed by atoms with Gasteiger partial charge in [0.05, 0.1) is 5.41 Å². The van der Waals surface area contributed by atoms with Gasteiger partial charge in [0.15, 0.2) is 0 Å². The van der Waals surface area contributed by atoms with Crippen molar-refractivity contribution in [3.8, 4) is 0 Å². The van der Waals surface area contributed by atoms with Gasteiger partial charge in [-0.2, -0.15) is 0 Å². The quantitative estimate of drug-likeness (QED) is 0.736. The third-order valence-corrected chi connectivity index (χ3v) is 2.57. The van der Waals surface area contributed by atoms with E-state index in [1.54, 1.807) is 18.7 Å². The summed E-state index contributed by atoms with van der Waals surface area (Å²) in [4.78, 5) is 23.9. The second-order valence-corrected chi connectivity index (χ2v) is 4.77. The Kier molecular flexibility index (Phi) is 2.83. The molecule has 1 unspecified atom stereocenters. The summed E-state index contributed by atoms with van der Waals surface area (Å²) in [7, 11) is 0. The summed E-state index contributed by atoms with van der Waals surface area (Å²) in [5, 5.41) is 8.92. The van der Waals surface area contributed by atoms with Crippen LogP contribution in [0.15, 0.2) is 0 Å². The lowest BCUT2D eigenvalue weighted by atomic mass is 9.93. The van der Waals surface area contributed by atoms with Crippen molar-refractivity contribution in [1.29, 1.82) is 0 Å². The summed E-state index contributed by atoms with van der Waals surface area (Å²) in [5.74, 6) is -0.427. The van der Waals surface area contributed by atoms with Crippen molar-refractivity contribution in [2.75, 3.05) is 13.1 Å². The van der Waals surface area contributed by atoms with Gasteiger partial charge >= 0.3 is 5.97 Å². The van der Waals surface area contributed by atoms with E-state index < -0.39 is 11.4 Å². The predicted octanol–water partition coefficient (Wildman–Crippen LogP) is 0.966. The van der Waals surface area contributed by atoms with Gasteiger partial charge in [-0.15, -0.1) is 0 Å². The molecule has 14 heavy (non-hydrogen) atoms. The highest BCUT2D eigenvalue weighted by atomic mass is 16.4. The predicted molar refractivity (Wildman–Crippen MR) is 51.8 cm³/mol. The van der Waals surface area contributed by atoms with Crippen molar-refractivity contribution in [2.24, 2.45) is 11.3 Å². The fourth-order valence-electron chi connectivity index (χ4n) is 1.67. The molecular weight excluding hydrogens is 182 g/mol. The molecule has 1 aliphatic heterocycles. The Balaban J connectivity index is 2.61. The van der Waals surface area contributed by atoms with E-state index in [4.69, 9.17) is 5.11 Å². The van der Waals surface area contributed by atoms with Crippen molar-refractivity contribution < 1.29 is 14.7 Å². The van der Waals surface area contributed by atoms with Crippen LogP contribution < -0.4 is 0 Å². The molecule has 0 radical (unpaired) electrons. The van der Waals surface area contributed by atoms with Crippen LogP contribution >= 0.6 is 0 Å². The van der Waals surface area contributed by atoms with E-state index in [9.17, 15) is 9.59 Å². The zero-order chi connectivity index (χ0) is 10.9. The largest absolute Gasteiger partial charge is 0.481 e. The molecule has 0 aliphatic carbocycles. The second-order valence-electron chi connectivity index (χ2n) is 4.77. The summed E-state index contributed by atoms with van der Waals surface area (Å²) in [6.07, 6.45) is 0.551. The fourth-order valence-corrected chi connectivity index (χ4v) is 1.67. The van der Waals surface area contributed by atoms with Crippen molar-refractivity contribution in [1.82, 2.24) is 4.90 Å². The smallest absolute Gasteiger partial charge is 0.310 e. The first-order valence-corrected chi connectivity index (χ1v) is 4.84. The zero-order valence-electron chi connectivity index (χ0n) is 8.91. The van der Waals surface area contributed by atoms with E-state index in [0.717, 1.165) is 0 Å². The molecule has 1 fully saturated rings. The number of hydrogen-bond acceptors (Lipinski definition) is 2. The van der Waals surface area contributed by atoms with Crippen molar-refractivity contribution in [2.45, 2.75) is 27.2 Å². The standard InChI is InChI=1S/C10H17NO3/c1-7-4-8(12)11(5-7)6-10(2,3)9(13)14/h7H,4-6H2,1-3H3,(H,13,14). The lowest BCUT2D eigenvalue weighted by Crippen LogP contribution is -2.39. The maximum atomic E-state index is 11.4. The molecule has 0 aromatic carbocycles. The number of rotatable bonds is 3. The van der Waals surface area contributed by atoms with E-state index in [1.165, 1.54) is 0 Å². The van der Waals surface area contributed by atoms with Gasteiger partial charge in [-0.3, -0.25) is 9.59 Å². The van der Waals surface area contributed by atoms with Gasteiger partial charge in [0, 0.05) is 19.5 Å². The molecule has 1 saturated heterocycles. The molecule has 0 spiro atoms. The van der Waals surface area contributed by atoms with E-state index in [2.05, 4.69) is 0 Å². The van der Waals surface area contributed by atoms with Crippen molar-refractivity contribution in [3.63, 3.8) is 0 Å². The number of carbonyl (C=O) groups excluding carboxylic acids is 1. The van der Waals surface area contributed by atoms with Gasteiger partial charge < -0.3 is 10.0 Å². The van der Waals surface area contributed by atoms with Crippen molar-refractivity contribution >= 4 is 11.9 Å². The SMILES string of the molecule is CC1CC(=O)N(CC(C)(C)C(=O)O)C1. The highest BCUT2D eigenvalue weighted by Gasteiger charge is 2.35. The fraction of sp³-hybridized carbons (Fsp3) is 0.800. The van der Waals surface area contributed by atoms with Crippen LogP contribution in [0.3, 0.4) is 0 Å². The maximum absolute atomic E-state index is 11.4. The van der Waals surface area contributed by atoms with Crippen LogP contribution in [-0.2, 0) is 9.59 Å². The molecule has 1 rings (SSSR count). The number of nitrogens with zero attached hydrogens (tertiary/aromatic N) is 1. The molecule has 0 aromatic heterocycles. The number of amides is 1. The average Bonchev–Trinajstić information content (AvgIpc) is 2.29. The first kappa shape index (κ1) is 11.0. The van der Waals surface area contributed by atoms with Crippen LogP contribution in [0.4, 0.5) is 0 Å². The highest BCUT2D eigenvalue weighted by Crippen LogP contribution is 2.23. The number of carboxylic acids is 1. The van der Waals surface area contributed by atoms with Gasteiger partial charge in [0.2, 0.25) is 5.91 Å². The monoisotopic (exact) mass is 199 g/mol. The Hall–Kier alpha value is -1.06. The molecule has 0 saturated carbocycles. The third kappa shape index (κ3) is 2.25. The second kappa shape index (κ2) is 3.59. The van der Waals surface area contributed by atoms with Crippen LogP contribution in [0, 0.1) is 11.3 Å². The highest BCUT2D eigenvalue weighted by molar-refractivity contribution is 5.80. The molecule has 1 aliphatic rings. The molecular formula is C10H17NO3. The van der Waals surface area contributed by atoms with Crippen molar-refractivity contribution in [3.05, 3.63) is 0 Å². The van der Waals surface area contributed by atoms with Crippen LogP contribution in [-0.4, -0.2) is 35.0 Å². The zero-order valence-corrected chi connectivity index (χ0v) is 8.91. The molecule has 1 atom stereocenters. The van der Waals surface area contributed by atoms with Gasteiger partial charge in [-0.05, 0) is 19.8 Å². The Morgan fingerprint density at radius 3 is 2.57 bits per heavy atom. The molecule has 0 bridgehead atoms. The molecule has 80 valence electrons. The third-order valence-electron chi connectivity index (χ3n) is 2.57. The molecule has 1 heterocycles. The molecule has 4 heteroatoms. The Morgan fingerprint density at radius 1 is 1.64 bits per heavy atom. The molecule has 0 aromatic rings. The summed E-state index contributed by atoms with van der Waals surface area (Å²) in [6.45, 7) is 6.30. The number of likely N-dealkylation sites (tertiary alicyclic amines) is 1. The number of carboxylic acid groups (broad SMARTS) is 1. The average molecular weight is 199 g/mol. The van der Waals surface area contributed by atoms with E-state index >= 15 is 0 Å². The van der Waals surface area contributed by atoms with Crippen LogP contribution in [0.5, 0.6) is 0 Å². The summed E-state index contributed by atoms with van der Waals surface area (Å²) in [5.41, 5.74) is -0.848. The number of aliphatic carboxylic acids is 1. The minimum atomic E-state index is -0.857. The van der Waals surface area contributed by atoms with Gasteiger partial charge in [0.25, 0.3) is 0 Å². The first-order valence-electron chi connectivity index (χ1n) is 4.84. The van der Waals surface area contributed by atoms with E-state index in [-0.39, 0.29) is 5.91 Å². The molecule has 1 amide bonds. The van der Waals surface area contributed by atoms with Crippen LogP contribution in [0.2, 0.25) is 0 Å². The summed E-state index contributed by atoms with van der Waals surface area (Å²) >= 11 is 0. The summed E-state index contributed by atoms with van der Waals surface area (Å²) in [6, 6.07) is 0. The van der Waals surface area contributed by atoms with Gasteiger partial charge in [-0.1, -0.05) is 6.92 Å². The van der Waals surface area contributed by atoms with E-state index in [1.807, 2.05) is 6.92 Å². The Labute approximate surface area is 83.9 Å². The van der Waals surface area contributed by atoms with Gasteiger partial charge in [0.1, 0.15) is 0 Å². The lowest BCUT2D eigenvalue weighted by Gasteiger charge is -2.26. The topological polar surface area (TPSA) is 57.6 Å². The maximum Gasteiger partial charge on any atom is 0.310 e. The van der Waals surface area contributed by atoms with Crippen LogP contribution in [0.1, 0.15) is 27.2 Å². The number of carbonyl (C=O) groups is 2. The molecule has 1 N–H and O–H groups in total. The molecule has 4 nitrogen and oxygen atoms in total. The normalized spacial score (nSPS) is 22.9.